The first kappa shape index (κ1) is 18.2. The topological polar surface area (TPSA) is 120 Å². The van der Waals surface area contributed by atoms with Gasteiger partial charge in [-0.2, -0.15) is 5.10 Å². The largest absolute Gasteiger partial charge is 0.486 e. The Morgan fingerprint density at radius 1 is 1.04 bits per heavy atom. The van der Waals surface area contributed by atoms with Gasteiger partial charge in [-0.05, 0) is 30.3 Å². The van der Waals surface area contributed by atoms with Gasteiger partial charge in [0.15, 0.2) is 17.3 Å². The van der Waals surface area contributed by atoms with E-state index in [0.717, 1.165) is 0 Å². The molecular weight excluding hydrogens is 384 g/mol. The number of sulfonamides is 1. The predicted octanol–water partition coefficient (Wildman–Crippen LogP) is 0.824. The van der Waals surface area contributed by atoms with E-state index in [0.29, 0.717) is 42.9 Å². The number of fused-ring (bicyclic) bond motifs is 1. The molecule has 0 bridgehead atoms. The summed E-state index contributed by atoms with van der Waals surface area (Å²) in [6.45, 7) is 1.38. The van der Waals surface area contributed by atoms with Crippen molar-refractivity contribution in [2.24, 2.45) is 0 Å². The fourth-order valence-electron chi connectivity index (χ4n) is 2.60. The zero-order valence-corrected chi connectivity index (χ0v) is 15.6. The first-order valence-electron chi connectivity index (χ1n) is 8.59. The number of hydrogen-bond donors (Lipinski definition) is 2. The van der Waals surface area contributed by atoms with Gasteiger partial charge in [0.05, 0.1) is 4.90 Å². The molecule has 4 rings (SSSR count). The van der Waals surface area contributed by atoms with E-state index in [1.54, 1.807) is 41.3 Å². The third kappa shape index (κ3) is 4.05. The normalized spacial score (nSPS) is 13.3. The van der Waals surface area contributed by atoms with Crippen LogP contribution in [0.25, 0.3) is 5.82 Å². The second kappa shape index (κ2) is 7.82. The maximum atomic E-state index is 12.4. The van der Waals surface area contributed by atoms with Gasteiger partial charge >= 0.3 is 0 Å². The smallest absolute Gasteiger partial charge is 0.240 e. The van der Waals surface area contributed by atoms with Gasteiger partial charge in [-0.3, -0.25) is 0 Å². The average Bonchev–Trinajstić information content (AvgIpc) is 3.26. The Bertz CT molecular complexity index is 1040. The molecule has 1 aliphatic rings. The number of anilines is 1. The van der Waals surface area contributed by atoms with Gasteiger partial charge in [0, 0.05) is 31.5 Å². The van der Waals surface area contributed by atoms with Crippen LogP contribution in [0.5, 0.6) is 11.5 Å². The standard InChI is InChI=1S/C17H18N6O4S/c24-28(25,13-2-3-14-15(12-13)27-11-10-26-14)20-8-7-18-16-4-5-17(22-21-16)23-9-1-6-19-23/h1-6,9,12,20H,7-8,10-11H2,(H,18,21). The van der Waals surface area contributed by atoms with Crippen molar-refractivity contribution in [3.05, 3.63) is 48.8 Å². The van der Waals surface area contributed by atoms with Crippen LogP contribution in [0.3, 0.4) is 0 Å². The van der Waals surface area contributed by atoms with Gasteiger partial charge < -0.3 is 14.8 Å². The summed E-state index contributed by atoms with van der Waals surface area (Å²) in [4.78, 5) is 0.125. The summed E-state index contributed by atoms with van der Waals surface area (Å²) in [6.07, 6.45) is 3.42. The quantitative estimate of drug-likeness (QED) is 0.558. The summed E-state index contributed by atoms with van der Waals surface area (Å²) in [5.74, 6) is 2.10. The highest BCUT2D eigenvalue weighted by atomic mass is 32.2. The van der Waals surface area contributed by atoms with E-state index in [-0.39, 0.29) is 11.4 Å². The van der Waals surface area contributed by atoms with Crippen molar-refractivity contribution in [3.8, 4) is 17.3 Å². The predicted molar refractivity (Wildman–Crippen MR) is 100 cm³/mol. The molecule has 11 heteroatoms. The zero-order valence-electron chi connectivity index (χ0n) is 14.8. The lowest BCUT2D eigenvalue weighted by atomic mass is 10.3. The van der Waals surface area contributed by atoms with Gasteiger partial charge in [0.25, 0.3) is 0 Å². The van der Waals surface area contributed by atoms with Crippen LogP contribution in [-0.2, 0) is 10.0 Å². The van der Waals surface area contributed by atoms with Crippen molar-refractivity contribution in [2.45, 2.75) is 4.90 Å². The Labute approximate surface area is 161 Å². The lowest BCUT2D eigenvalue weighted by Crippen LogP contribution is -2.29. The van der Waals surface area contributed by atoms with E-state index in [1.165, 1.54) is 12.1 Å². The molecule has 3 aromatic rings. The van der Waals surface area contributed by atoms with Crippen LogP contribution in [0, 0.1) is 0 Å². The summed E-state index contributed by atoms with van der Waals surface area (Å²) < 4.78 is 39.8. The first-order valence-corrected chi connectivity index (χ1v) is 10.1. The average molecular weight is 402 g/mol. The van der Waals surface area contributed by atoms with Gasteiger partial charge in [0.2, 0.25) is 10.0 Å². The minimum absolute atomic E-state index is 0.125. The third-order valence-corrected chi connectivity index (χ3v) is 5.40. The molecular formula is C17H18N6O4S. The van der Waals surface area contributed by atoms with Gasteiger partial charge in [-0.1, -0.05) is 0 Å². The molecule has 2 aromatic heterocycles. The Hall–Kier alpha value is -3.18. The van der Waals surface area contributed by atoms with Gasteiger partial charge in [-0.25, -0.2) is 17.8 Å². The number of aromatic nitrogens is 4. The number of hydrogen-bond acceptors (Lipinski definition) is 8. The summed E-state index contributed by atoms with van der Waals surface area (Å²) in [6, 6.07) is 9.85. The molecule has 2 N–H and O–H groups in total. The number of nitrogens with one attached hydrogen (secondary N) is 2. The molecule has 28 heavy (non-hydrogen) atoms. The zero-order chi connectivity index (χ0) is 19.4. The molecule has 0 aliphatic carbocycles. The highest BCUT2D eigenvalue weighted by Crippen LogP contribution is 2.32. The van der Waals surface area contributed by atoms with Gasteiger partial charge in [-0.15, -0.1) is 10.2 Å². The molecule has 1 aromatic carbocycles. The van der Waals surface area contributed by atoms with Crippen molar-refractivity contribution in [2.75, 3.05) is 31.6 Å². The van der Waals surface area contributed by atoms with E-state index >= 15 is 0 Å². The van der Waals surface area contributed by atoms with Crippen LogP contribution < -0.4 is 19.5 Å². The number of rotatable bonds is 7. The molecule has 146 valence electrons. The molecule has 0 fully saturated rings. The van der Waals surface area contributed by atoms with Crippen molar-refractivity contribution < 1.29 is 17.9 Å². The molecule has 10 nitrogen and oxygen atoms in total. The van der Waals surface area contributed by atoms with Crippen LogP contribution in [0.2, 0.25) is 0 Å². The minimum atomic E-state index is -3.66. The molecule has 0 unspecified atom stereocenters. The molecule has 0 spiro atoms. The van der Waals surface area contributed by atoms with E-state index in [4.69, 9.17) is 9.47 Å². The fraction of sp³-hybridized carbons (Fsp3) is 0.235. The van der Waals surface area contributed by atoms with Crippen molar-refractivity contribution in [1.29, 1.82) is 0 Å². The highest BCUT2D eigenvalue weighted by Gasteiger charge is 2.18. The molecule has 3 heterocycles. The number of benzene rings is 1. The maximum Gasteiger partial charge on any atom is 0.240 e. The molecule has 0 atom stereocenters. The lowest BCUT2D eigenvalue weighted by molar-refractivity contribution is 0.171. The second-order valence-corrected chi connectivity index (χ2v) is 7.62. The van der Waals surface area contributed by atoms with Crippen LogP contribution in [0.15, 0.2) is 53.7 Å². The third-order valence-electron chi connectivity index (χ3n) is 3.94. The molecule has 0 radical (unpaired) electrons. The van der Waals surface area contributed by atoms with Crippen LogP contribution in [0.1, 0.15) is 0 Å². The van der Waals surface area contributed by atoms with Crippen LogP contribution in [0.4, 0.5) is 5.82 Å². The monoisotopic (exact) mass is 402 g/mol. The Balaban J connectivity index is 1.31. The Kier molecular flexibility index (Phi) is 5.08. The van der Waals surface area contributed by atoms with E-state index in [1.807, 2.05) is 0 Å². The van der Waals surface area contributed by atoms with Crippen molar-refractivity contribution in [3.63, 3.8) is 0 Å². The van der Waals surface area contributed by atoms with Gasteiger partial charge in [0.1, 0.15) is 19.0 Å². The lowest BCUT2D eigenvalue weighted by Gasteiger charge is -2.19. The minimum Gasteiger partial charge on any atom is -0.486 e. The Morgan fingerprint density at radius 3 is 2.64 bits per heavy atom. The van der Waals surface area contributed by atoms with E-state index < -0.39 is 10.0 Å². The first-order chi connectivity index (χ1) is 13.6. The summed E-state index contributed by atoms with van der Waals surface area (Å²) in [5, 5.41) is 15.2. The molecule has 0 amide bonds. The van der Waals surface area contributed by atoms with E-state index in [9.17, 15) is 8.42 Å². The number of ether oxygens (including phenoxy) is 2. The summed E-state index contributed by atoms with van der Waals surface area (Å²) in [5.41, 5.74) is 0. The Morgan fingerprint density at radius 2 is 1.89 bits per heavy atom. The van der Waals surface area contributed by atoms with E-state index in [2.05, 4.69) is 25.3 Å². The summed E-state index contributed by atoms with van der Waals surface area (Å²) >= 11 is 0. The second-order valence-electron chi connectivity index (χ2n) is 5.86. The van der Waals surface area contributed by atoms with Crippen LogP contribution >= 0.6 is 0 Å². The number of nitrogens with zero attached hydrogens (tertiary/aromatic N) is 4. The molecule has 1 aliphatic heterocycles. The maximum absolute atomic E-state index is 12.4. The van der Waals surface area contributed by atoms with Crippen LogP contribution in [-0.4, -0.2) is 54.7 Å². The molecule has 0 saturated carbocycles. The SMILES string of the molecule is O=S(=O)(NCCNc1ccc(-n2cccn2)nn1)c1ccc2c(c1)OCCO2. The van der Waals surface area contributed by atoms with Crippen molar-refractivity contribution >= 4 is 15.8 Å². The highest BCUT2D eigenvalue weighted by molar-refractivity contribution is 7.89. The fourth-order valence-corrected chi connectivity index (χ4v) is 3.64. The summed E-state index contributed by atoms with van der Waals surface area (Å²) in [7, 11) is -3.66. The van der Waals surface area contributed by atoms with Crippen molar-refractivity contribution in [1.82, 2.24) is 24.7 Å². The molecule has 0 saturated heterocycles.